The molecular formula is C24H24BrNO7S2. The molecule has 1 fully saturated rings. The second-order valence-electron chi connectivity index (χ2n) is 8.14. The minimum absolute atomic E-state index is 0.00786. The zero-order chi connectivity index (χ0) is 25.2. The molecule has 0 unspecified atom stereocenters. The van der Waals surface area contributed by atoms with Crippen molar-refractivity contribution in [3.63, 3.8) is 0 Å². The van der Waals surface area contributed by atoms with Gasteiger partial charge in [0, 0.05) is 17.1 Å². The standard InChI is InChI=1S/C24H24BrNO7S2/c1-2-32-20-7-3-17(4-8-20)15-26(19-13-14-34(28,29)16-19)24(27)22-11-12-23(33-22)35(30,31)21-9-5-18(25)6-10-21/h3-12,19H,2,13-16H2,1H3/t19-/m1/s1. The summed E-state index contributed by atoms with van der Waals surface area (Å²) in [5.74, 6) is -0.215. The van der Waals surface area contributed by atoms with Gasteiger partial charge < -0.3 is 14.1 Å². The first-order valence-corrected chi connectivity index (χ1v) is 15.0. The number of hydrogen-bond acceptors (Lipinski definition) is 7. The Morgan fingerprint density at radius 2 is 1.77 bits per heavy atom. The predicted molar refractivity (Wildman–Crippen MR) is 133 cm³/mol. The summed E-state index contributed by atoms with van der Waals surface area (Å²) in [4.78, 5) is 14.9. The Morgan fingerprint density at radius 3 is 2.37 bits per heavy atom. The first-order chi connectivity index (χ1) is 16.6. The van der Waals surface area contributed by atoms with E-state index in [-0.39, 0.29) is 33.8 Å². The number of amides is 1. The third kappa shape index (κ3) is 5.79. The number of carbonyl (C=O) groups is 1. The first kappa shape index (κ1) is 25.5. The molecule has 1 aromatic heterocycles. The molecule has 0 spiro atoms. The van der Waals surface area contributed by atoms with Crippen molar-refractivity contribution >= 4 is 41.5 Å². The lowest BCUT2D eigenvalue weighted by molar-refractivity contribution is 0.0642. The Morgan fingerprint density at radius 1 is 1.09 bits per heavy atom. The number of nitrogens with zero attached hydrogens (tertiary/aromatic N) is 1. The maximum absolute atomic E-state index is 13.4. The van der Waals surface area contributed by atoms with E-state index in [9.17, 15) is 21.6 Å². The van der Waals surface area contributed by atoms with Crippen LogP contribution in [0.5, 0.6) is 5.75 Å². The largest absolute Gasteiger partial charge is 0.494 e. The van der Waals surface area contributed by atoms with Gasteiger partial charge in [-0.3, -0.25) is 4.79 Å². The highest BCUT2D eigenvalue weighted by molar-refractivity contribution is 9.10. The first-order valence-electron chi connectivity index (χ1n) is 10.9. The molecule has 3 aromatic rings. The maximum Gasteiger partial charge on any atom is 0.290 e. The number of sulfone groups is 2. The molecule has 1 atom stereocenters. The molecule has 0 N–H and O–H groups in total. The van der Waals surface area contributed by atoms with E-state index in [1.54, 1.807) is 36.4 Å². The van der Waals surface area contributed by atoms with E-state index in [0.29, 0.717) is 18.8 Å². The Hall–Kier alpha value is -2.63. The molecule has 0 radical (unpaired) electrons. The van der Waals surface area contributed by atoms with Gasteiger partial charge in [-0.25, -0.2) is 16.8 Å². The molecule has 186 valence electrons. The van der Waals surface area contributed by atoms with Crippen molar-refractivity contribution in [2.45, 2.75) is 35.9 Å². The summed E-state index contributed by atoms with van der Waals surface area (Å²) in [6.07, 6.45) is 0.301. The Labute approximate surface area is 212 Å². The number of hydrogen-bond donors (Lipinski definition) is 0. The smallest absolute Gasteiger partial charge is 0.290 e. The molecule has 8 nitrogen and oxygen atoms in total. The quantitative estimate of drug-likeness (QED) is 0.393. The Balaban J connectivity index is 1.62. The summed E-state index contributed by atoms with van der Waals surface area (Å²) in [5, 5.41) is -0.358. The molecule has 0 saturated carbocycles. The van der Waals surface area contributed by atoms with Crippen LogP contribution in [0.25, 0.3) is 0 Å². The van der Waals surface area contributed by atoms with E-state index in [2.05, 4.69) is 15.9 Å². The predicted octanol–water partition coefficient (Wildman–Crippen LogP) is 4.10. The molecule has 2 aromatic carbocycles. The fraction of sp³-hybridized carbons (Fsp3) is 0.292. The molecular weight excluding hydrogens is 558 g/mol. The van der Waals surface area contributed by atoms with Crippen LogP contribution in [-0.2, 0) is 26.2 Å². The molecule has 4 rings (SSSR count). The molecule has 2 heterocycles. The van der Waals surface area contributed by atoms with Crippen molar-refractivity contribution < 1.29 is 30.8 Å². The second-order valence-corrected chi connectivity index (χ2v) is 13.2. The van der Waals surface area contributed by atoms with Gasteiger partial charge in [-0.1, -0.05) is 28.1 Å². The Bertz CT molecular complexity index is 1410. The van der Waals surface area contributed by atoms with Gasteiger partial charge in [-0.05, 0) is 67.4 Å². The van der Waals surface area contributed by atoms with Gasteiger partial charge in [0.2, 0.25) is 14.9 Å². The van der Waals surface area contributed by atoms with Gasteiger partial charge in [0.1, 0.15) is 5.75 Å². The number of rotatable bonds is 8. The summed E-state index contributed by atoms with van der Waals surface area (Å²) < 4.78 is 61.8. The van der Waals surface area contributed by atoms with Crippen LogP contribution in [0.3, 0.4) is 0 Å². The van der Waals surface area contributed by atoms with Gasteiger partial charge in [0.15, 0.2) is 15.6 Å². The van der Waals surface area contributed by atoms with Gasteiger partial charge in [-0.15, -0.1) is 0 Å². The highest BCUT2D eigenvalue weighted by Crippen LogP contribution is 2.27. The lowest BCUT2D eigenvalue weighted by Gasteiger charge is -2.27. The zero-order valence-electron chi connectivity index (χ0n) is 18.9. The monoisotopic (exact) mass is 581 g/mol. The van der Waals surface area contributed by atoms with E-state index < -0.39 is 31.6 Å². The second kappa shape index (κ2) is 10.2. The molecule has 1 amide bonds. The topological polar surface area (TPSA) is 111 Å². The SMILES string of the molecule is CCOc1ccc(CN(C(=O)c2ccc(S(=O)(=O)c3ccc(Br)cc3)o2)[C@@H]2CCS(=O)(=O)C2)cc1. The van der Waals surface area contributed by atoms with Gasteiger partial charge in [0.05, 0.1) is 23.0 Å². The van der Waals surface area contributed by atoms with E-state index in [1.165, 1.54) is 29.2 Å². The zero-order valence-corrected chi connectivity index (χ0v) is 22.1. The van der Waals surface area contributed by atoms with Gasteiger partial charge in [0.25, 0.3) is 5.91 Å². The molecule has 1 aliphatic rings. The molecule has 0 bridgehead atoms. The third-order valence-corrected chi connectivity index (χ3v) is 9.60. The number of carbonyl (C=O) groups excluding carboxylic acids is 1. The van der Waals surface area contributed by atoms with Crippen LogP contribution in [0.2, 0.25) is 0 Å². The summed E-state index contributed by atoms with van der Waals surface area (Å²) in [6.45, 7) is 2.54. The maximum atomic E-state index is 13.4. The van der Waals surface area contributed by atoms with Crippen LogP contribution < -0.4 is 4.74 Å². The summed E-state index contributed by atoms with van der Waals surface area (Å²) >= 11 is 3.27. The van der Waals surface area contributed by atoms with Crippen LogP contribution in [-0.4, -0.2) is 51.8 Å². The number of halogens is 1. The molecule has 1 saturated heterocycles. The van der Waals surface area contributed by atoms with E-state index in [1.807, 2.05) is 6.92 Å². The fourth-order valence-corrected chi connectivity index (χ4v) is 7.06. The number of furan rings is 1. The summed E-state index contributed by atoms with van der Waals surface area (Å²) in [7, 11) is -7.23. The minimum Gasteiger partial charge on any atom is -0.494 e. The van der Waals surface area contributed by atoms with Crippen LogP contribution in [0.1, 0.15) is 29.5 Å². The average molecular weight is 582 g/mol. The van der Waals surface area contributed by atoms with Crippen molar-refractivity contribution in [3.8, 4) is 5.75 Å². The normalized spacial score (nSPS) is 17.3. The van der Waals surface area contributed by atoms with Crippen LogP contribution in [0, 0.1) is 0 Å². The highest BCUT2D eigenvalue weighted by Gasteiger charge is 2.36. The highest BCUT2D eigenvalue weighted by atomic mass is 79.9. The summed E-state index contributed by atoms with van der Waals surface area (Å²) in [6, 6.07) is 15.2. The van der Waals surface area contributed by atoms with Crippen molar-refractivity contribution in [2.24, 2.45) is 0 Å². The van der Waals surface area contributed by atoms with Gasteiger partial charge in [-0.2, -0.15) is 0 Å². The Kier molecular flexibility index (Phi) is 7.39. The van der Waals surface area contributed by atoms with E-state index >= 15 is 0 Å². The lowest BCUT2D eigenvalue weighted by Crippen LogP contribution is -2.40. The third-order valence-electron chi connectivity index (χ3n) is 5.68. The van der Waals surface area contributed by atoms with Crippen molar-refractivity contribution in [1.82, 2.24) is 4.90 Å². The van der Waals surface area contributed by atoms with E-state index in [4.69, 9.17) is 9.15 Å². The van der Waals surface area contributed by atoms with Crippen LogP contribution >= 0.6 is 15.9 Å². The van der Waals surface area contributed by atoms with Crippen LogP contribution in [0.15, 0.2) is 79.5 Å². The molecule has 0 aliphatic carbocycles. The molecule has 1 aliphatic heterocycles. The fourth-order valence-electron chi connectivity index (χ4n) is 3.89. The van der Waals surface area contributed by atoms with Crippen molar-refractivity contribution in [2.75, 3.05) is 18.1 Å². The number of benzene rings is 2. The molecule has 35 heavy (non-hydrogen) atoms. The lowest BCUT2D eigenvalue weighted by atomic mass is 10.1. The van der Waals surface area contributed by atoms with E-state index in [0.717, 1.165) is 10.0 Å². The minimum atomic E-state index is -3.97. The average Bonchev–Trinajstić information content (AvgIpc) is 3.46. The van der Waals surface area contributed by atoms with Crippen LogP contribution in [0.4, 0.5) is 0 Å². The number of ether oxygens (including phenoxy) is 1. The van der Waals surface area contributed by atoms with Crippen molar-refractivity contribution in [1.29, 1.82) is 0 Å². The molecule has 11 heteroatoms. The van der Waals surface area contributed by atoms with Gasteiger partial charge >= 0.3 is 0 Å². The van der Waals surface area contributed by atoms with Crippen molar-refractivity contribution in [3.05, 3.63) is 76.5 Å². The summed E-state index contributed by atoms with van der Waals surface area (Å²) in [5.41, 5.74) is 0.778.